The maximum Gasteiger partial charge on any atom is 0.295 e. The lowest BCUT2D eigenvalue weighted by atomic mass is 9.93. The molecular formula is C29H30N2O4. The number of rotatable bonds is 8. The van der Waals surface area contributed by atoms with Gasteiger partial charge in [-0.05, 0) is 47.2 Å². The first-order valence-electron chi connectivity index (χ1n) is 11.9. The highest BCUT2D eigenvalue weighted by Gasteiger charge is 2.46. The van der Waals surface area contributed by atoms with Crippen molar-refractivity contribution in [3.05, 3.63) is 101 Å². The molecule has 1 fully saturated rings. The topological polar surface area (TPSA) is 79.7 Å². The minimum Gasteiger partial charge on any atom is -0.507 e. The van der Waals surface area contributed by atoms with Crippen molar-refractivity contribution in [2.75, 3.05) is 6.61 Å². The van der Waals surface area contributed by atoms with E-state index in [9.17, 15) is 14.7 Å². The number of Topliss-reactive ketones (excluding diaryl/α,β-unsaturated/α-hetero) is 1. The molecule has 1 unspecified atom stereocenters. The second kappa shape index (κ2) is 10.6. The van der Waals surface area contributed by atoms with Crippen LogP contribution >= 0.6 is 0 Å². The number of ketones is 1. The first-order chi connectivity index (χ1) is 16.9. The van der Waals surface area contributed by atoms with Gasteiger partial charge in [-0.1, -0.05) is 63.2 Å². The first-order valence-corrected chi connectivity index (χ1v) is 11.9. The molecule has 1 amide bonds. The number of hydrogen-bond acceptors (Lipinski definition) is 5. The maximum absolute atomic E-state index is 13.3. The molecule has 0 aliphatic carbocycles. The van der Waals surface area contributed by atoms with Crippen LogP contribution in [0.3, 0.4) is 0 Å². The molecule has 2 heterocycles. The van der Waals surface area contributed by atoms with Gasteiger partial charge in [-0.15, -0.1) is 0 Å². The summed E-state index contributed by atoms with van der Waals surface area (Å²) in [6.45, 7) is 6.97. The molecule has 6 nitrogen and oxygen atoms in total. The van der Waals surface area contributed by atoms with Crippen LogP contribution in [0.4, 0.5) is 0 Å². The monoisotopic (exact) mass is 470 g/mol. The summed E-state index contributed by atoms with van der Waals surface area (Å²) in [6.07, 6.45) is 4.18. The first kappa shape index (κ1) is 24.2. The van der Waals surface area contributed by atoms with Gasteiger partial charge in [-0.2, -0.15) is 0 Å². The van der Waals surface area contributed by atoms with E-state index in [-0.39, 0.29) is 17.9 Å². The third-order valence-electron chi connectivity index (χ3n) is 6.11. The Bertz CT molecular complexity index is 1230. The second-order valence-corrected chi connectivity index (χ2v) is 8.99. The Hall–Kier alpha value is -3.93. The van der Waals surface area contributed by atoms with E-state index in [1.165, 1.54) is 4.90 Å². The normalized spacial score (nSPS) is 17.3. The molecule has 1 aliphatic rings. The lowest BCUT2D eigenvalue weighted by Gasteiger charge is -2.25. The zero-order valence-corrected chi connectivity index (χ0v) is 20.3. The Kier molecular flexibility index (Phi) is 7.30. The summed E-state index contributed by atoms with van der Waals surface area (Å²) in [7, 11) is 0. The van der Waals surface area contributed by atoms with Gasteiger partial charge in [-0.3, -0.25) is 14.6 Å². The summed E-state index contributed by atoms with van der Waals surface area (Å²) >= 11 is 0. The van der Waals surface area contributed by atoms with Gasteiger partial charge < -0.3 is 14.7 Å². The molecule has 0 saturated carbocycles. The molecule has 2 aromatic carbocycles. The van der Waals surface area contributed by atoms with Gasteiger partial charge in [-0.25, -0.2) is 0 Å². The van der Waals surface area contributed by atoms with Crippen LogP contribution in [0.5, 0.6) is 5.75 Å². The molecule has 6 heteroatoms. The number of likely N-dealkylation sites (tertiary alicyclic amines) is 1. The molecule has 180 valence electrons. The van der Waals surface area contributed by atoms with E-state index in [1.807, 2.05) is 37.3 Å². The van der Waals surface area contributed by atoms with Gasteiger partial charge in [0.1, 0.15) is 11.5 Å². The summed E-state index contributed by atoms with van der Waals surface area (Å²) in [6, 6.07) is 17.8. The number of nitrogens with zero attached hydrogens (tertiary/aromatic N) is 2. The smallest absolute Gasteiger partial charge is 0.295 e. The molecule has 35 heavy (non-hydrogen) atoms. The van der Waals surface area contributed by atoms with Crippen molar-refractivity contribution in [2.45, 2.75) is 45.7 Å². The maximum atomic E-state index is 13.3. The average molecular weight is 471 g/mol. The number of carbonyl (C=O) groups excluding carboxylic acids is 2. The molecular weight excluding hydrogens is 440 g/mol. The fourth-order valence-electron chi connectivity index (χ4n) is 4.25. The van der Waals surface area contributed by atoms with Gasteiger partial charge in [0.15, 0.2) is 0 Å². The molecule has 1 aromatic heterocycles. The summed E-state index contributed by atoms with van der Waals surface area (Å²) in [5, 5.41) is 11.3. The van der Waals surface area contributed by atoms with Crippen LogP contribution in [0.25, 0.3) is 5.76 Å². The number of aromatic nitrogens is 1. The Labute approximate surface area is 205 Å². The number of carbonyl (C=O) groups is 2. The molecule has 1 N–H and O–H groups in total. The second-order valence-electron chi connectivity index (χ2n) is 8.99. The predicted octanol–water partition coefficient (Wildman–Crippen LogP) is 5.62. The van der Waals surface area contributed by atoms with Gasteiger partial charge in [0.2, 0.25) is 0 Å². The van der Waals surface area contributed by atoms with E-state index in [2.05, 4.69) is 18.8 Å². The third kappa shape index (κ3) is 5.11. The van der Waals surface area contributed by atoms with Crippen molar-refractivity contribution in [1.29, 1.82) is 0 Å². The Morgan fingerprint density at radius 1 is 1.09 bits per heavy atom. The van der Waals surface area contributed by atoms with Crippen LogP contribution in [0.15, 0.2) is 78.6 Å². The number of aliphatic hydroxyl groups is 1. The fourth-order valence-corrected chi connectivity index (χ4v) is 4.25. The highest BCUT2D eigenvalue weighted by Crippen LogP contribution is 2.40. The van der Waals surface area contributed by atoms with Crippen LogP contribution in [0.2, 0.25) is 0 Å². The molecule has 0 bridgehead atoms. The summed E-state index contributed by atoms with van der Waals surface area (Å²) in [4.78, 5) is 32.1. The standard InChI is InChI=1S/C29H30N2O4/c1-4-15-35-24-9-5-8-23(16-24)27(32)25-26(22-12-10-21(11-13-22)19(2)3)31(29(34)28(25)33)18-20-7-6-14-30-17-20/h5-14,16-17,19,26,32H,4,15,18H2,1-3H3. The van der Waals surface area contributed by atoms with E-state index in [1.54, 1.807) is 42.7 Å². The van der Waals surface area contributed by atoms with E-state index in [0.29, 0.717) is 23.8 Å². The van der Waals surface area contributed by atoms with Crippen LogP contribution < -0.4 is 4.74 Å². The number of aliphatic hydroxyl groups excluding tert-OH is 1. The quantitative estimate of drug-likeness (QED) is 0.263. The number of ether oxygens (including phenoxy) is 1. The van der Waals surface area contributed by atoms with Crippen molar-refractivity contribution in [2.24, 2.45) is 0 Å². The number of hydrogen-bond donors (Lipinski definition) is 1. The SMILES string of the molecule is CCCOc1cccc(C(O)=C2C(=O)C(=O)N(Cc3cccnc3)C2c2ccc(C(C)C)cc2)c1. The highest BCUT2D eigenvalue weighted by molar-refractivity contribution is 6.46. The minimum absolute atomic E-state index is 0.0730. The van der Waals surface area contributed by atoms with Crippen molar-refractivity contribution in [1.82, 2.24) is 9.88 Å². The molecule has 1 atom stereocenters. The lowest BCUT2D eigenvalue weighted by Crippen LogP contribution is -2.29. The Morgan fingerprint density at radius 2 is 1.86 bits per heavy atom. The predicted molar refractivity (Wildman–Crippen MR) is 135 cm³/mol. The summed E-state index contributed by atoms with van der Waals surface area (Å²) < 4.78 is 5.70. The highest BCUT2D eigenvalue weighted by atomic mass is 16.5. The van der Waals surface area contributed by atoms with Crippen LogP contribution in [-0.2, 0) is 16.1 Å². The molecule has 1 aliphatic heterocycles. The molecule has 0 spiro atoms. The fraction of sp³-hybridized carbons (Fsp3) is 0.276. The van der Waals surface area contributed by atoms with Crippen LogP contribution in [0, 0.1) is 0 Å². The van der Waals surface area contributed by atoms with Crippen molar-refractivity contribution < 1.29 is 19.4 Å². The van der Waals surface area contributed by atoms with Gasteiger partial charge in [0.25, 0.3) is 11.7 Å². The number of amides is 1. The zero-order valence-electron chi connectivity index (χ0n) is 20.3. The number of pyridine rings is 1. The molecule has 1 saturated heterocycles. The van der Waals surface area contributed by atoms with Crippen molar-refractivity contribution >= 4 is 17.4 Å². The largest absolute Gasteiger partial charge is 0.507 e. The Balaban J connectivity index is 1.82. The molecule has 4 rings (SSSR count). The van der Waals surface area contributed by atoms with Crippen molar-refractivity contribution in [3.63, 3.8) is 0 Å². The lowest BCUT2D eigenvalue weighted by molar-refractivity contribution is -0.140. The van der Waals surface area contributed by atoms with Crippen LogP contribution in [0.1, 0.15) is 61.4 Å². The molecule has 0 radical (unpaired) electrons. The van der Waals surface area contributed by atoms with Gasteiger partial charge in [0, 0.05) is 24.5 Å². The average Bonchev–Trinajstić information content (AvgIpc) is 3.12. The zero-order chi connectivity index (χ0) is 24.9. The summed E-state index contributed by atoms with van der Waals surface area (Å²) in [5.41, 5.74) is 3.22. The number of benzene rings is 2. The minimum atomic E-state index is -0.725. The Morgan fingerprint density at radius 3 is 2.51 bits per heavy atom. The van der Waals surface area contributed by atoms with Gasteiger partial charge in [0.05, 0.1) is 18.2 Å². The van der Waals surface area contributed by atoms with Gasteiger partial charge >= 0.3 is 0 Å². The van der Waals surface area contributed by atoms with Crippen molar-refractivity contribution in [3.8, 4) is 5.75 Å². The summed E-state index contributed by atoms with van der Waals surface area (Å²) in [5.74, 6) is -0.622. The third-order valence-corrected chi connectivity index (χ3v) is 6.11. The van der Waals surface area contributed by atoms with E-state index < -0.39 is 17.7 Å². The molecule has 3 aromatic rings. The van der Waals surface area contributed by atoms with E-state index in [4.69, 9.17) is 4.74 Å². The van der Waals surface area contributed by atoms with Crippen LogP contribution in [-0.4, -0.2) is 33.3 Å². The van der Waals surface area contributed by atoms with E-state index >= 15 is 0 Å². The van der Waals surface area contributed by atoms with E-state index in [0.717, 1.165) is 23.1 Å².